The van der Waals surface area contributed by atoms with Gasteiger partial charge in [0.2, 0.25) is 0 Å². The van der Waals surface area contributed by atoms with Crippen LogP contribution in [0.1, 0.15) is 49.1 Å². The molecule has 1 saturated carbocycles. The summed E-state index contributed by atoms with van der Waals surface area (Å²) in [7, 11) is 0. The fraction of sp³-hybridized carbons (Fsp3) is 0.571. The Labute approximate surface area is 112 Å². The molecule has 1 aliphatic rings. The summed E-state index contributed by atoms with van der Waals surface area (Å²) >= 11 is 9.85. The van der Waals surface area contributed by atoms with Gasteiger partial charge >= 0.3 is 0 Å². The molecule has 2 rings (SSSR count). The van der Waals surface area contributed by atoms with E-state index in [0.29, 0.717) is 5.92 Å². The summed E-state index contributed by atoms with van der Waals surface area (Å²) in [5.74, 6) is 0.708. The molecule has 1 fully saturated rings. The summed E-state index contributed by atoms with van der Waals surface area (Å²) in [6.45, 7) is 0. The van der Waals surface area contributed by atoms with E-state index in [1.807, 2.05) is 0 Å². The third kappa shape index (κ3) is 3.01. The van der Waals surface area contributed by atoms with Crippen LogP contribution in [-0.2, 0) is 6.42 Å². The number of hydrogen-bond donors (Lipinski definition) is 0. The number of alkyl halides is 1. The van der Waals surface area contributed by atoms with Crippen LogP contribution in [0.3, 0.4) is 0 Å². The van der Waals surface area contributed by atoms with Crippen molar-refractivity contribution in [1.29, 1.82) is 0 Å². The molecule has 16 heavy (non-hydrogen) atoms. The van der Waals surface area contributed by atoms with Crippen molar-refractivity contribution in [2.24, 2.45) is 0 Å². The van der Waals surface area contributed by atoms with E-state index in [2.05, 4.69) is 34.1 Å². The minimum atomic E-state index is 0.708. The first-order chi connectivity index (χ1) is 7.81. The normalized spacial score (nSPS) is 17.6. The Kier molecular flexibility index (Phi) is 4.72. The zero-order valence-corrected chi connectivity index (χ0v) is 11.9. The number of rotatable bonds is 3. The summed E-state index contributed by atoms with van der Waals surface area (Å²) in [6, 6.07) is 6.63. The highest BCUT2D eigenvalue weighted by atomic mass is 79.9. The van der Waals surface area contributed by atoms with Gasteiger partial charge < -0.3 is 0 Å². The molecule has 0 saturated heterocycles. The molecular formula is C14H18BrCl. The average molecular weight is 302 g/mol. The summed E-state index contributed by atoms with van der Waals surface area (Å²) in [4.78, 5) is 0. The van der Waals surface area contributed by atoms with Gasteiger partial charge in [-0.1, -0.05) is 58.9 Å². The quantitative estimate of drug-likeness (QED) is 0.662. The molecule has 0 heterocycles. The van der Waals surface area contributed by atoms with Crippen LogP contribution >= 0.6 is 27.5 Å². The molecule has 0 spiro atoms. The Hall–Kier alpha value is -0.0100. The predicted octanol–water partition coefficient (Wildman–Crippen LogP) is 5.33. The topological polar surface area (TPSA) is 0 Å². The highest BCUT2D eigenvalue weighted by Crippen LogP contribution is 2.36. The van der Waals surface area contributed by atoms with Crippen LogP contribution in [0.25, 0.3) is 0 Å². The van der Waals surface area contributed by atoms with E-state index < -0.39 is 0 Å². The Morgan fingerprint density at radius 1 is 1.19 bits per heavy atom. The van der Waals surface area contributed by atoms with Gasteiger partial charge in [-0.15, -0.1) is 0 Å². The Morgan fingerprint density at radius 3 is 2.56 bits per heavy atom. The summed E-state index contributed by atoms with van der Waals surface area (Å²) in [6.07, 6.45) is 7.82. The van der Waals surface area contributed by atoms with Crippen LogP contribution in [0.4, 0.5) is 0 Å². The lowest BCUT2D eigenvalue weighted by molar-refractivity contribution is 0.443. The summed E-state index contributed by atoms with van der Waals surface area (Å²) in [5, 5.41) is 1.98. The molecule has 0 aliphatic heterocycles. The molecule has 2 heteroatoms. The molecular weight excluding hydrogens is 284 g/mol. The van der Waals surface area contributed by atoms with Gasteiger partial charge in [0.05, 0.1) is 0 Å². The van der Waals surface area contributed by atoms with E-state index >= 15 is 0 Å². The second-order valence-corrected chi connectivity index (χ2v) is 5.83. The molecule has 88 valence electrons. The predicted molar refractivity (Wildman–Crippen MR) is 74.8 cm³/mol. The van der Waals surface area contributed by atoms with Crippen molar-refractivity contribution in [3.8, 4) is 0 Å². The molecule has 0 nitrogen and oxygen atoms in total. The van der Waals surface area contributed by atoms with Crippen molar-refractivity contribution in [3.63, 3.8) is 0 Å². The van der Waals surface area contributed by atoms with Gasteiger partial charge in [0.1, 0.15) is 0 Å². The molecule has 1 aromatic carbocycles. The fourth-order valence-corrected chi connectivity index (χ4v) is 3.40. The monoisotopic (exact) mass is 300 g/mol. The van der Waals surface area contributed by atoms with Crippen LogP contribution in [0.2, 0.25) is 5.02 Å². The van der Waals surface area contributed by atoms with Crippen LogP contribution < -0.4 is 0 Å². The van der Waals surface area contributed by atoms with E-state index in [1.54, 1.807) is 0 Å². The van der Waals surface area contributed by atoms with E-state index in [0.717, 1.165) is 16.8 Å². The highest BCUT2D eigenvalue weighted by molar-refractivity contribution is 9.09. The maximum Gasteiger partial charge on any atom is 0.0443 e. The van der Waals surface area contributed by atoms with Gasteiger partial charge in [-0.25, -0.2) is 0 Å². The second-order valence-electron chi connectivity index (χ2n) is 4.63. The molecule has 1 aromatic rings. The molecule has 0 radical (unpaired) electrons. The second kappa shape index (κ2) is 6.07. The Balaban J connectivity index is 2.14. The van der Waals surface area contributed by atoms with Crippen molar-refractivity contribution in [2.75, 3.05) is 5.33 Å². The van der Waals surface area contributed by atoms with Crippen LogP contribution in [0, 0.1) is 0 Å². The third-order valence-corrected chi connectivity index (χ3v) is 4.22. The highest BCUT2D eigenvalue weighted by Gasteiger charge is 2.17. The van der Waals surface area contributed by atoms with Gasteiger partial charge in [-0.3, -0.25) is 0 Å². The minimum absolute atomic E-state index is 0.708. The Bertz CT molecular complexity index is 343. The number of aryl methyl sites for hydroxylation is 1. The first kappa shape index (κ1) is 12.4. The van der Waals surface area contributed by atoms with Gasteiger partial charge in [-0.05, 0) is 42.4 Å². The van der Waals surface area contributed by atoms with E-state index in [4.69, 9.17) is 11.6 Å². The minimum Gasteiger partial charge on any atom is -0.0924 e. The van der Waals surface area contributed by atoms with Gasteiger partial charge in [0.15, 0.2) is 0 Å². The van der Waals surface area contributed by atoms with E-state index in [-0.39, 0.29) is 0 Å². The van der Waals surface area contributed by atoms with Gasteiger partial charge in [0.25, 0.3) is 0 Å². The Morgan fingerprint density at radius 2 is 1.94 bits per heavy atom. The maximum atomic E-state index is 6.38. The van der Waals surface area contributed by atoms with E-state index in [1.165, 1.54) is 43.2 Å². The van der Waals surface area contributed by atoms with Crippen molar-refractivity contribution >= 4 is 27.5 Å². The summed E-state index contributed by atoms with van der Waals surface area (Å²) in [5.41, 5.74) is 2.71. The first-order valence-electron chi connectivity index (χ1n) is 6.15. The fourth-order valence-electron chi connectivity index (χ4n) is 2.58. The molecule has 0 atom stereocenters. The molecule has 0 bridgehead atoms. The largest absolute Gasteiger partial charge is 0.0924 e. The lowest BCUT2D eigenvalue weighted by atomic mass is 9.84. The molecule has 1 aliphatic carbocycles. The van der Waals surface area contributed by atoms with Gasteiger partial charge in [-0.2, -0.15) is 0 Å². The standard InChI is InChI=1S/C14H18BrCl/c15-9-8-11-6-7-13(14(16)10-11)12-4-2-1-3-5-12/h6-7,10,12H,1-5,8-9H2. The lowest BCUT2D eigenvalue weighted by Gasteiger charge is -2.23. The zero-order valence-electron chi connectivity index (χ0n) is 9.52. The van der Waals surface area contributed by atoms with E-state index in [9.17, 15) is 0 Å². The average Bonchev–Trinajstić information content (AvgIpc) is 2.31. The molecule has 0 amide bonds. The van der Waals surface area contributed by atoms with Gasteiger partial charge in [0, 0.05) is 10.4 Å². The molecule has 0 aromatic heterocycles. The first-order valence-corrected chi connectivity index (χ1v) is 7.65. The van der Waals surface area contributed by atoms with Crippen molar-refractivity contribution in [2.45, 2.75) is 44.4 Å². The van der Waals surface area contributed by atoms with Crippen molar-refractivity contribution < 1.29 is 0 Å². The zero-order chi connectivity index (χ0) is 11.4. The van der Waals surface area contributed by atoms with Crippen LogP contribution in [0.5, 0.6) is 0 Å². The maximum absolute atomic E-state index is 6.38. The van der Waals surface area contributed by atoms with Crippen molar-refractivity contribution in [1.82, 2.24) is 0 Å². The smallest absolute Gasteiger partial charge is 0.0443 e. The number of halogens is 2. The number of hydrogen-bond acceptors (Lipinski definition) is 0. The summed E-state index contributed by atoms with van der Waals surface area (Å²) < 4.78 is 0. The lowest BCUT2D eigenvalue weighted by Crippen LogP contribution is -2.05. The van der Waals surface area contributed by atoms with Crippen molar-refractivity contribution in [3.05, 3.63) is 34.3 Å². The van der Waals surface area contributed by atoms with Crippen LogP contribution in [0.15, 0.2) is 18.2 Å². The number of benzene rings is 1. The third-order valence-electron chi connectivity index (χ3n) is 3.49. The van der Waals surface area contributed by atoms with Crippen LogP contribution in [-0.4, -0.2) is 5.33 Å². The molecule has 0 unspecified atom stereocenters. The SMILES string of the molecule is Clc1cc(CCBr)ccc1C1CCCCC1. The molecule has 0 N–H and O–H groups in total.